The maximum absolute atomic E-state index is 10.4. The monoisotopic (exact) mass is 392 g/mol. The molecule has 1 aliphatic rings. The molecule has 0 fully saturated rings. The van der Waals surface area contributed by atoms with E-state index in [1.165, 1.54) is 0 Å². The van der Waals surface area contributed by atoms with Crippen molar-refractivity contribution in [2.75, 3.05) is 7.11 Å². The van der Waals surface area contributed by atoms with E-state index in [-0.39, 0.29) is 5.88 Å². The molecular formula is C24H16N4O2. The van der Waals surface area contributed by atoms with E-state index in [9.17, 15) is 5.11 Å². The van der Waals surface area contributed by atoms with E-state index in [0.717, 1.165) is 38.3 Å². The van der Waals surface area contributed by atoms with Gasteiger partial charge in [-0.3, -0.25) is 4.98 Å². The molecule has 3 heterocycles. The van der Waals surface area contributed by atoms with Crippen LogP contribution in [-0.4, -0.2) is 22.2 Å². The molecule has 0 bridgehead atoms. The van der Waals surface area contributed by atoms with Gasteiger partial charge >= 0.3 is 0 Å². The maximum atomic E-state index is 10.4. The van der Waals surface area contributed by atoms with Gasteiger partial charge in [0.2, 0.25) is 0 Å². The molecule has 0 saturated carbocycles. The van der Waals surface area contributed by atoms with Crippen molar-refractivity contribution in [3.05, 3.63) is 82.5 Å². The Bertz CT molecular complexity index is 1490. The summed E-state index contributed by atoms with van der Waals surface area (Å²) < 4.78 is 5.31. The SMILES string of the molecule is COc1ccc2[nH]c(O)c(/C=c3\ccc4c(c3)N=NC=4C#Cc3cccnc3)c2c1. The first-order valence-electron chi connectivity index (χ1n) is 9.30. The molecule has 6 heteroatoms. The second kappa shape index (κ2) is 7.22. The average Bonchev–Trinajstić information content (AvgIpc) is 3.32. The zero-order valence-electron chi connectivity index (χ0n) is 16.0. The molecule has 5 rings (SSSR count). The van der Waals surface area contributed by atoms with Crippen LogP contribution in [0.4, 0.5) is 5.69 Å². The number of fused-ring (bicyclic) bond motifs is 2. The minimum atomic E-state index is 0.106. The van der Waals surface area contributed by atoms with Crippen molar-refractivity contribution in [2.45, 2.75) is 0 Å². The van der Waals surface area contributed by atoms with Gasteiger partial charge in [-0.1, -0.05) is 12.0 Å². The summed E-state index contributed by atoms with van der Waals surface area (Å²) in [5.74, 6) is 6.95. The maximum Gasteiger partial charge on any atom is 0.196 e. The van der Waals surface area contributed by atoms with E-state index in [0.29, 0.717) is 11.3 Å². The highest BCUT2D eigenvalue weighted by Crippen LogP contribution is 2.30. The van der Waals surface area contributed by atoms with Gasteiger partial charge in [0.1, 0.15) is 11.4 Å². The number of aromatic nitrogens is 2. The lowest BCUT2D eigenvalue weighted by Gasteiger charge is -1.99. The average molecular weight is 392 g/mol. The number of ether oxygens (including phenoxy) is 1. The molecule has 2 N–H and O–H groups in total. The highest BCUT2D eigenvalue weighted by molar-refractivity contribution is 5.92. The number of methoxy groups -OCH3 is 1. The molecule has 0 amide bonds. The number of hydrogen-bond acceptors (Lipinski definition) is 5. The Hall–Kier alpha value is -4.37. The fraction of sp³-hybridized carbons (Fsp3) is 0.0417. The summed E-state index contributed by atoms with van der Waals surface area (Å²) in [6, 6.07) is 15.2. The molecule has 0 unspecified atom stereocenters. The minimum absolute atomic E-state index is 0.106. The number of azo groups is 1. The number of nitrogens with zero attached hydrogens (tertiary/aromatic N) is 3. The number of pyridine rings is 1. The third-order valence-electron chi connectivity index (χ3n) is 4.86. The molecule has 0 aliphatic carbocycles. The van der Waals surface area contributed by atoms with Gasteiger partial charge < -0.3 is 14.8 Å². The van der Waals surface area contributed by atoms with Gasteiger partial charge in [-0.25, -0.2) is 0 Å². The zero-order chi connectivity index (χ0) is 20.5. The summed E-state index contributed by atoms with van der Waals surface area (Å²) in [6.45, 7) is 0. The predicted molar refractivity (Wildman–Crippen MR) is 115 cm³/mol. The third kappa shape index (κ3) is 3.19. The number of H-pyrrole nitrogens is 1. The van der Waals surface area contributed by atoms with Crippen molar-refractivity contribution in [3.63, 3.8) is 0 Å². The molecule has 0 saturated heterocycles. The first-order valence-corrected chi connectivity index (χ1v) is 9.30. The zero-order valence-corrected chi connectivity index (χ0v) is 16.0. The van der Waals surface area contributed by atoms with Gasteiger partial charge in [0.05, 0.1) is 12.8 Å². The molecule has 4 aromatic rings. The van der Waals surface area contributed by atoms with Crippen molar-refractivity contribution in [3.8, 4) is 23.5 Å². The summed E-state index contributed by atoms with van der Waals surface area (Å²) in [4.78, 5) is 7.05. The summed E-state index contributed by atoms with van der Waals surface area (Å²) >= 11 is 0. The number of nitrogens with one attached hydrogen (secondary N) is 1. The van der Waals surface area contributed by atoms with Crippen molar-refractivity contribution in [1.82, 2.24) is 9.97 Å². The van der Waals surface area contributed by atoms with Crippen LogP contribution in [0.25, 0.3) is 22.7 Å². The van der Waals surface area contributed by atoms with Crippen LogP contribution in [0.3, 0.4) is 0 Å². The van der Waals surface area contributed by atoms with E-state index in [4.69, 9.17) is 4.74 Å². The number of hydrogen-bond donors (Lipinski definition) is 2. The summed E-state index contributed by atoms with van der Waals surface area (Å²) in [7, 11) is 1.62. The molecule has 0 atom stereocenters. The Balaban J connectivity index is 1.58. The predicted octanol–water partition coefficient (Wildman–Crippen LogP) is 3.36. The Morgan fingerprint density at radius 1 is 1.07 bits per heavy atom. The largest absolute Gasteiger partial charge is 0.497 e. The van der Waals surface area contributed by atoms with Gasteiger partial charge in [-0.15, -0.1) is 10.2 Å². The standard InChI is InChI=1S/C24H16N4O2/c1-30-17-6-9-21-19(13-17)20(24(29)26-21)11-16-4-7-18-22(27-28-23(18)12-16)8-5-15-3-2-10-25-14-15/h2-4,6-7,9-14,26,29H,1H3/b16-11+. The van der Waals surface area contributed by atoms with E-state index in [1.807, 2.05) is 54.6 Å². The van der Waals surface area contributed by atoms with Crippen LogP contribution in [0.1, 0.15) is 11.1 Å². The van der Waals surface area contributed by atoms with Gasteiger partial charge in [0, 0.05) is 39.6 Å². The van der Waals surface area contributed by atoms with Gasteiger partial charge in [-0.05, 0) is 59.7 Å². The molecule has 0 radical (unpaired) electrons. The quantitative estimate of drug-likeness (QED) is 0.513. The smallest absolute Gasteiger partial charge is 0.196 e. The summed E-state index contributed by atoms with van der Waals surface area (Å²) in [6.07, 6.45) is 5.33. The van der Waals surface area contributed by atoms with E-state index < -0.39 is 0 Å². The topological polar surface area (TPSA) is 82.9 Å². The molecule has 6 nitrogen and oxygen atoms in total. The number of rotatable bonds is 2. The van der Waals surface area contributed by atoms with Crippen LogP contribution in [-0.2, 0) is 0 Å². The molecule has 0 spiro atoms. The van der Waals surface area contributed by atoms with Crippen molar-refractivity contribution in [2.24, 2.45) is 10.2 Å². The lowest BCUT2D eigenvalue weighted by atomic mass is 10.1. The molecule has 30 heavy (non-hydrogen) atoms. The first-order chi connectivity index (χ1) is 14.7. The Morgan fingerprint density at radius 3 is 2.83 bits per heavy atom. The third-order valence-corrected chi connectivity index (χ3v) is 4.86. The fourth-order valence-electron chi connectivity index (χ4n) is 3.36. The van der Waals surface area contributed by atoms with Crippen LogP contribution in [0, 0.1) is 11.8 Å². The van der Waals surface area contributed by atoms with Crippen LogP contribution < -0.4 is 15.2 Å². The normalized spacial score (nSPS) is 12.7. The number of aromatic amines is 1. The fourth-order valence-corrected chi connectivity index (χ4v) is 3.36. The van der Waals surface area contributed by atoms with Gasteiger partial charge in [0.15, 0.2) is 5.88 Å². The van der Waals surface area contributed by atoms with Crippen molar-refractivity contribution >= 4 is 28.4 Å². The highest BCUT2D eigenvalue weighted by atomic mass is 16.5. The molecule has 144 valence electrons. The Kier molecular flexibility index (Phi) is 4.26. The van der Waals surface area contributed by atoms with Crippen molar-refractivity contribution < 1.29 is 9.84 Å². The van der Waals surface area contributed by atoms with Crippen LogP contribution >= 0.6 is 0 Å². The second-order valence-corrected chi connectivity index (χ2v) is 6.76. The Labute approximate surface area is 171 Å². The highest BCUT2D eigenvalue weighted by Gasteiger charge is 2.11. The lowest BCUT2D eigenvalue weighted by molar-refractivity contribution is 0.415. The number of benzene rings is 2. The lowest BCUT2D eigenvalue weighted by Crippen LogP contribution is -2.08. The number of aromatic hydroxyl groups is 1. The molecular weight excluding hydrogens is 376 g/mol. The first kappa shape index (κ1) is 17.7. The molecule has 1 aliphatic heterocycles. The van der Waals surface area contributed by atoms with E-state index in [1.54, 1.807) is 19.5 Å². The van der Waals surface area contributed by atoms with Gasteiger partial charge in [0.25, 0.3) is 0 Å². The van der Waals surface area contributed by atoms with Crippen molar-refractivity contribution in [1.29, 1.82) is 0 Å². The summed E-state index contributed by atoms with van der Waals surface area (Å²) in [5, 5.41) is 21.5. The van der Waals surface area contributed by atoms with Crippen LogP contribution in [0.15, 0.2) is 71.2 Å². The molecule has 2 aromatic heterocycles. The molecule has 2 aromatic carbocycles. The van der Waals surface area contributed by atoms with E-state index in [2.05, 4.69) is 32.0 Å². The van der Waals surface area contributed by atoms with Crippen LogP contribution in [0.2, 0.25) is 0 Å². The minimum Gasteiger partial charge on any atom is -0.497 e. The second-order valence-electron chi connectivity index (χ2n) is 6.76. The Morgan fingerprint density at radius 2 is 2.00 bits per heavy atom. The van der Waals surface area contributed by atoms with Crippen LogP contribution in [0.5, 0.6) is 11.6 Å². The van der Waals surface area contributed by atoms with Gasteiger partial charge in [-0.2, -0.15) is 0 Å². The summed E-state index contributed by atoms with van der Waals surface area (Å²) in [5.41, 5.74) is 3.72. The van der Waals surface area contributed by atoms with E-state index >= 15 is 0 Å².